The standard InChI is InChI=1S/C18H18O4Si2/c1-3-23(15-11-7-5-8-12-15)21-17(19)18(20)22-24(4-2)16-13-9-6-10-14-16/h3-14,23-24H,1-2H2. The van der Waals surface area contributed by atoms with Crippen LogP contribution in [-0.2, 0) is 18.4 Å². The van der Waals surface area contributed by atoms with Crippen molar-refractivity contribution in [3.05, 3.63) is 85.2 Å². The van der Waals surface area contributed by atoms with Gasteiger partial charge >= 0.3 is 11.9 Å². The van der Waals surface area contributed by atoms with Crippen molar-refractivity contribution in [1.82, 2.24) is 0 Å². The Morgan fingerprint density at radius 3 is 1.33 bits per heavy atom. The number of benzene rings is 2. The van der Waals surface area contributed by atoms with E-state index in [2.05, 4.69) is 13.2 Å². The van der Waals surface area contributed by atoms with Crippen molar-refractivity contribution in [3.8, 4) is 0 Å². The molecule has 2 unspecified atom stereocenters. The second-order valence-corrected chi connectivity index (χ2v) is 9.37. The Bertz CT molecular complexity index is 653. The van der Waals surface area contributed by atoms with Gasteiger partial charge in [0.2, 0.25) is 0 Å². The quantitative estimate of drug-likeness (QED) is 0.568. The number of hydrogen-bond donors (Lipinski definition) is 0. The summed E-state index contributed by atoms with van der Waals surface area (Å²) in [7, 11) is -4.42. The molecule has 0 saturated heterocycles. The summed E-state index contributed by atoms with van der Waals surface area (Å²) >= 11 is 0. The monoisotopic (exact) mass is 354 g/mol. The van der Waals surface area contributed by atoms with Crippen LogP contribution in [0.5, 0.6) is 0 Å². The van der Waals surface area contributed by atoms with Crippen molar-refractivity contribution >= 4 is 40.4 Å². The largest absolute Gasteiger partial charge is 0.505 e. The average molecular weight is 355 g/mol. The molecule has 2 atom stereocenters. The predicted molar refractivity (Wildman–Crippen MR) is 99.0 cm³/mol. The Balaban J connectivity index is 2.02. The van der Waals surface area contributed by atoms with Crippen LogP contribution in [0.25, 0.3) is 0 Å². The molecule has 2 aromatic carbocycles. The second kappa shape index (κ2) is 8.80. The molecular formula is C18H18O4Si2. The third kappa shape index (κ3) is 4.64. The van der Waals surface area contributed by atoms with E-state index in [4.69, 9.17) is 8.85 Å². The third-order valence-electron chi connectivity index (χ3n) is 3.32. The van der Waals surface area contributed by atoms with E-state index in [9.17, 15) is 9.59 Å². The molecule has 122 valence electrons. The highest BCUT2D eigenvalue weighted by Gasteiger charge is 2.26. The van der Waals surface area contributed by atoms with Crippen molar-refractivity contribution in [2.24, 2.45) is 0 Å². The maximum absolute atomic E-state index is 12.0. The van der Waals surface area contributed by atoms with Crippen LogP contribution in [0.2, 0.25) is 0 Å². The topological polar surface area (TPSA) is 52.6 Å². The number of carbonyl (C=O) groups excluding carboxylic acids is 2. The van der Waals surface area contributed by atoms with Crippen LogP contribution < -0.4 is 10.4 Å². The van der Waals surface area contributed by atoms with E-state index in [-0.39, 0.29) is 0 Å². The van der Waals surface area contributed by atoms with Crippen molar-refractivity contribution in [2.75, 3.05) is 0 Å². The highest BCUT2D eigenvalue weighted by molar-refractivity contribution is 6.76. The Kier molecular flexibility index (Phi) is 6.47. The van der Waals surface area contributed by atoms with E-state index in [0.29, 0.717) is 0 Å². The van der Waals surface area contributed by atoms with Crippen LogP contribution in [0, 0.1) is 0 Å². The summed E-state index contributed by atoms with van der Waals surface area (Å²) in [4.78, 5) is 24.1. The van der Waals surface area contributed by atoms with Crippen molar-refractivity contribution in [3.63, 3.8) is 0 Å². The van der Waals surface area contributed by atoms with Gasteiger partial charge < -0.3 is 8.85 Å². The van der Waals surface area contributed by atoms with Crippen molar-refractivity contribution < 1.29 is 18.4 Å². The molecule has 6 heteroatoms. The Morgan fingerprint density at radius 2 is 1.04 bits per heavy atom. The van der Waals surface area contributed by atoms with Crippen LogP contribution in [0.15, 0.2) is 85.2 Å². The van der Waals surface area contributed by atoms with Crippen LogP contribution in [-0.4, -0.2) is 30.0 Å². The van der Waals surface area contributed by atoms with Crippen LogP contribution in [0.1, 0.15) is 0 Å². The highest BCUT2D eigenvalue weighted by atomic mass is 28.3. The van der Waals surface area contributed by atoms with Crippen LogP contribution in [0.3, 0.4) is 0 Å². The molecule has 24 heavy (non-hydrogen) atoms. The second-order valence-electron chi connectivity index (χ2n) is 4.94. The summed E-state index contributed by atoms with van der Waals surface area (Å²) in [5.74, 6) is -1.96. The summed E-state index contributed by atoms with van der Waals surface area (Å²) in [5.41, 5.74) is 3.19. The summed E-state index contributed by atoms with van der Waals surface area (Å²) in [6.45, 7) is 7.40. The van der Waals surface area contributed by atoms with E-state index in [0.717, 1.165) is 10.4 Å². The normalized spacial score (nSPS) is 12.5. The van der Waals surface area contributed by atoms with Gasteiger partial charge in [0.1, 0.15) is 0 Å². The minimum Gasteiger partial charge on any atom is -0.505 e. The van der Waals surface area contributed by atoms with E-state index >= 15 is 0 Å². The van der Waals surface area contributed by atoms with Gasteiger partial charge in [0.15, 0.2) is 0 Å². The molecule has 0 aromatic heterocycles. The zero-order valence-electron chi connectivity index (χ0n) is 13.1. The molecule has 0 saturated carbocycles. The third-order valence-corrected chi connectivity index (χ3v) is 7.20. The van der Waals surface area contributed by atoms with Gasteiger partial charge in [-0.2, -0.15) is 0 Å². The molecule has 0 heterocycles. The lowest BCUT2D eigenvalue weighted by Gasteiger charge is -2.15. The van der Waals surface area contributed by atoms with Crippen molar-refractivity contribution in [2.45, 2.75) is 0 Å². The molecule has 4 nitrogen and oxygen atoms in total. The average Bonchev–Trinajstić information content (AvgIpc) is 2.65. The molecule has 0 aliphatic heterocycles. The summed E-state index contributed by atoms with van der Waals surface area (Å²) in [6, 6.07) is 18.5. The first-order valence-corrected chi connectivity index (χ1v) is 10.9. The van der Waals surface area contributed by atoms with Gasteiger partial charge in [-0.3, -0.25) is 0 Å². The Labute approximate surface area is 144 Å². The molecule has 0 aliphatic carbocycles. The van der Waals surface area contributed by atoms with Crippen LogP contribution >= 0.6 is 0 Å². The van der Waals surface area contributed by atoms with Crippen molar-refractivity contribution in [1.29, 1.82) is 0 Å². The molecule has 0 amide bonds. The molecule has 0 bridgehead atoms. The maximum Gasteiger partial charge on any atom is 0.403 e. The molecule has 0 fully saturated rings. The summed E-state index contributed by atoms with van der Waals surface area (Å²) < 4.78 is 10.6. The molecule has 0 radical (unpaired) electrons. The van der Waals surface area contributed by atoms with Gasteiger partial charge in [-0.05, 0) is 10.4 Å². The minimum absolute atomic E-state index is 0.870. The SMILES string of the molecule is C=C[SiH](OC(=O)C(=O)O[SiH](C=C)c1ccccc1)c1ccccc1. The Hall–Kier alpha value is -2.71. The van der Waals surface area contributed by atoms with E-state index in [1.807, 2.05) is 60.7 Å². The van der Waals surface area contributed by atoms with E-state index in [1.165, 1.54) is 0 Å². The van der Waals surface area contributed by atoms with Gasteiger partial charge in [-0.15, -0.1) is 13.2 Å². The van der Waals surface area contributed by atoms with Gasteiger partial charge in [-0.1, -0.05) is 72.1 Å². The number of rotatable bonds is 6. The summed E-state index contributed by atoms with van der Waals surface area (Å²) in [6.07, 6.45) is 0. The van der Waals surface area contributed by atoms with Gasteiger partial charge in [0.05, 0.1) is 0 Å². The van der Waals surface area contributed by atoms with Gasteiger partial charge in [0.25, 0.3) is 18.1 Å². The molecular weight excluding hydrogens is 336 g/mol. The number of hydrogen-bond acceptors (Lipinski definition) is 4. The van der Waals surface area contributed by atoms with E-state index < -0.39 is 30.0 Å². The maximum atomic E-state index is 12.0. The minimum atomic E-state index is -2.21. The fraction of sp³-hybridized carbons (Fsp3) is 0. The summed E-state index contributed by atoms with van der Waals surface area (Å²) in [5, 5.41) is 1.74. The zero-order chi connectivity index (χ0) is 17.4. The molecule has 0 N–H and O–H groups in total. The molecule has 0 aliphatic rings. The molecule has 0 spiro atoms. The highest BCUT2D eigenvalue weighted by Crippen LogP contribution is 1.98. The van der Waals surface area contributed by atoms with Gasteiger partial charge in [0, 0.05) is 0 Å². The lowest BCUT2D eigenvalue weighted by molar-refractivity contribution is -0.156. The fourth-order valence-electron chi connectivity index (χ4n) is 2.12. The zero-order valence-corrected chi connectivity index (χ0v) is 15.4. The Morgan fingerprint density at radius 1 is 0.708 bits per heavy atom. The lowest BCUT2D eigenvalue weighted by atomic mass is 10.4. The first-order chi connectivity index (χ1) is 11.7. The molecule has 2 rings (SSSR count). The van der Waals surface area contributed by atoms with Gasteiger partial charge in [-0.25, -0.2) is 9.59 Å². The first-order valence-electron chi connectivity index (χ1n) is 7.42. The van der Waals surface area contributed by atoms with Crippen LogP contribution in [0.4, 0.5) is 0 Å². The fourth-order valence-corrected chi connectivity index (χ4v) is 4.98. The lowest BCUT2D eigenvalue weighted by Crippen LogP contribution is -2.40. The smallest absolute Gasteiger partial charge is 0.403 e. The predicted octanol–water partition coefficient (Wildman–Crippen LogP) is 0.785. The number of carbonyl (C=O) groups is 2. The van der Waals surface area contributed by atoms with E-state index in [1.54, 1.807) is 11.4 Å². The molecule has 2 aromatic rings. The first kappa shape index (κ1) is 17.6.